The summed E-state index contributed by atoms with van der Waals surface area (Å²) in [6.45, 7) is 5.95. The molecule has 0 heterocycles. The number of amides is 1. The highest BCUT2D eigenvalue weighted by Gasteiger charge is 2.09. The second kappa shape index (κ2) is 8.35. The first kappa shape index (κ1) is 17.0. The van der Waals surface area contributed by atoms with Crippen molar-refractivity contribution in [1.82, 2.24) is 0 Å². The number of hydrogen-bond acceptors (Lipinski definition) is 3. The van der Waals surface area contributed by atoms with Gasteiger partial charge in [0.25, 0.3) is 5.91 Å². The molecule has 0 bridgehead atoms. The third-order valence-corrected chi connectivity index (χ3v) is 3.20. The Labute approximate surface area is 141 Å². The van der Waals surface area contributed by atoms with Crippen molar-refractivity contribution in [3.05, 3.63) is 77.9 Å². The summed E-state index contributed by atoms with van der Waals surface area (Å²) in [5.41, 5.74) is 2.48. The van der Waals surface area contributed by atoms with E-state index < -0.39 is 5.91 Å². The van der Waals surface area contributed by atoms with E-state index in [0.717, 1.165) is 11.1 Å². The van der Waals surface area contributed by atoms with Gasteiger partial charge in [0.15, 0.2) is 0 Å². The zero-order valence-corrected chi connectivity index (χ0v) is 13.5. The van der Waals surface area contributed by atoms with Crippen LogP contribution < -0.4 is 10.1 Å². The Morgan fingerprint density at radius 1 is 1.29 bits per heavy atom. The topological polar surface area (TPSA) is 62.1 Å². The molecular weight excluding hydrogens is 300 g/mol. The van der Waals surface area contributed by atoms with Crippen LogP contribution in [0.5, 0.6) is 5.75 Å². The van der Waals surface area contributed by atoms with Gasteiger partial charge in [-0.15, -0.1) is 0 Å². The highest BCUT2D eigenvalue weighted by atomic mass is 16.5. The third-order valence-electron chi connectivity index (χ3n) is 3.20. The summed E-state index contributed by atoms with van der Waals surface area (Å²) in [5.74, 6) is 0.268. The number of carbonyl (C=O) groups is 1. The average Bonchev–Trinajstić information content (AvgIpc) is 2.58. The van der Waals surface area contributed by atoms with Gasteiger partial charge in [-0.05, 0) is 48.4 Å². The van der Waals surface area contributed by atoms with Crippen molar-refractivity contribution >= 4 is 17.7 Å². The molecule has 24 heavy (non-hydrogen) atoms. The Morgan fingerprint density at radius 3 is 2.67 bits per heavy atom. The molecule has 0 aliphatic rings. The number of nitriles is 1. The molecule has 1 amide bonds. The van der Waals surface area contributed by atoms with Gasteiger partial charge in [-0.25, -0.2) is 0 Å². The van der Waals surface area contributed by atoms with Crippen molar-refractivity contribution in [1.29, 1.82) is 5.26 Å². The second-order valence-electron chi connectivity index (χ2n) is 5.16. The first-order chi connectivity index (χ1) is 11.6. The molecule has 0 aromatic heterocycles. The molecule has 0 radical (unpaired) electrons. The fourth-order valence-electron chi connectivity index (χ4n) is 2.05. The molecule has 0 saturated heterocycles. The van der Waals surface area contributed by atoms with Crippen LogP contribution in [0.2, 0.25) is 0 Å². The van der Waals surface area contributed by atoms with Crippen molar-refractivity contribution in [3.8, 4) is 11.8 Å². The summed E-state index contributed by atoms with van der Waals surface area (Å²) >= 11 is 0. The maximum atomic E-state index is 12.2. The lowest BCUT2D eigenvalue weighted by Gasteiger charge is -2.06. The van der Waals surface area contributed by atoms with Gasteiger partial charge in [-0.2, -0.15) is 5.26 Å². The van der Waals surface area contributed by atoms with Crippen molar-refractivity contribution in [2.45, 2.75) is 6.92 Å². The molecule has 2 aromatic carbocycles. The molecule has 0 unspecified atom stereocenters. The molecule has 2 aromatic rings. The minimum atomic E-state index is -0.435. The summed E-state index contributed by atoms with van der Waals surface area (Å²) in [5, 5.41) is 12.0. The van der Waals surface area contributed by atoms with Crippen molar-refractivity contribution in [2.75, 3.05) is 11.9 Å². The number of ether oxygens (including phenoxy) is 1. The fourth-order valence-corrected chi connectivity index (χ4v) is 2.05. The fraction of sp³-hybridized carbons (Fsp3) is 0.100. The quantitative estimate of drug-likeness (QED) is 0.495. The van der Waals surface area contributed by atoms with E-state index in [2.05, 4.69) is 11.9 Å². The largest absolute Gasteiger partial charge is 0.490 e. The van der Waals surface area contributed by atoms with E-state index in [1.807, 2.05) is 31.2 Å². The van der Waals surface area contributed by atoms with Gasteiger partial charge in [0.2, 0.25) is 0 Å². The minimum Gasteiger partial charge on any atom is -0.490 e. The number of hydrogen-bond donors (Lipinski definition) is 1. The molecule has 0 saturated carbocycles. The Bertz CT molecular complexity index is 799. The van der Waals surface area contributed by atoms with E-state index in [1.165, 1.54) is 0 Å². The smallest absolute Gasteiger partial charge is 0.266 e. The van der Waals surface area contributed by atoms with Crippen LogP contribution in [0, 0.1) is 18.3 Å². The van der Waals surface area contributed by atoms with Crippen LogP contribution in [0.3, 0.4) is 0 Å². The van der Waals surface area contributed by atoms with Crippen LogP contribution >= 0.6 is 0 Å². The molecule has 0 atom stereocenters. The lowest BCUT2D eigenvalue weighted by molar-refractivity contribution is -0.112. The van der Waals surface area contributed by atoms with Crippen LogP contribution in [0.25, 0.3) is 6.08 Å². The van der Waals surface area contributed by atoms with Crippen molar-refractivity contribution < 1.29 is 9.53 Å². The number of anilines is 1. The van der Waals surface area contributed by atoms with E-state index in [0.29, 0.717) is 18.0 Å². The van der Waals surface area contributed by atoms with Crippen LogP contribution in [0.4, 0.5) is 5.69 Å². The van der Waals surface area contributed by atoms with Gasteiger partial charge in [0.1, 0.15) is 24.0 Å². The van der Waals surface area contributed by atoms with Gasteiger partial charge < -0.3 is 10.1 Å². The first-order valence-electron chi connectivity index (χ1n) is 7.46. The van der Waals surface area contributed by atoms with Gasteiger partial charge in [0, 0.05) is 5.69 Å². The SMILES string of the molecule is C=CCOc1ccc(/C=C(/C#N)C(=O)Nc2cccc(C)c2)cc1. The lowest BCUT2D eigenvalue weighted by atomic mass is 10.1. The number of benzene rings is 2. The molecule has 0 aliphatic carbocycles. The summed E-state index contributed by atoms with van der Waals surface area (Å²) < 4.78 is 5.40. The molecule has 0 fully saturated rings. The van der Waals surface area contributed by atoms with Gasteiger partial charge in [-0.3, -0.25) is 4.79 Å². The van der Waals surface area contributed by atoms with Gasteiger partial charge in [0.05, 0.1) is 0 Å². The molecular formula is C20H18N2O2. The van der Waals surface area contributed by atoms with E-state index in [4.69, 9.17) is 4.74 Å². The zero-order chi connectivity index (χ0) is 17.4. The number of nitrogens with one attached hydrogen (secondary N) is 1. The predicted octanol–water partition coefficient (Wildman–Crippen LogP) is 4.11. The average molecular weight is 318 g/mol. The molecule has 0 spiro atoms. The van der Waals surface area contributed by atoms with Crippen molar-refractivity contribution in [2.24, 2.45) is 0 Å². The van der Waals surface area contributed by atoms with Gasteiger partial charge >= 0.3 is 0 Å². The Hall–Kier alpha value is -3.32. The third kappa shape index (κ3) is 4.85. The number of aryl methyl sites for hydroxylation is 1. The Morgan fingerprint density at radius 2 is 2.04 bits per heavy atom. The summed E-state index contributed by atoms with van der Waals surface area (Å²) in [6.07, 6.45) is 3.21. The highest BCUT2D eigenvalue weighted by Crippen LogP contribution is 2.16. The molecule has 0 aliphatic heterocycles. The predicted molar refractivity (Wildman–Crippen MR) is 95.5 cm³/mol. The van der Waals surface area contributed by atoms with Crippen LogP contribution in [-0.2, 0) is 4.79 Å². The van der Waals surface area contributed by atoms with Crippen molar-refractivity contribution in [3.63, 3.8) is 0 Å². The number of carbonyl (C=O) groups excluding carboxylic acids is 1. The molecule has 4 heteroatoms. The summed E-state index contributed by atoms with van der Waals surface area (Å²) in [6, 6.07) is 16.5. The molecule has 2 rings (SSSR count). The highest BCUT2D eigenvalue weighted by molar-refractivity contribution is 6.09. The standard InChI is InChI=1S/C20H18N2O2/c1-3-11-24-19-9-7-16(8-10-19)13-17(14-21)20(23)22-18-6-4-5-15(2)12-18/h3-10,12-13H,1,11H2,2H3,(H,22,23)/b17-13-. The summed E-state index contributed by atoms with van der Waals surface area (Å²) in [4.78, 5) is 12.2. The molecule has 4 nitrogen and oxygen atoms in total. The van der Waals surface area contributed by atoms with Crippen LogP contribution in [-0.4, -0.2) is 12.5 Å². The van der Waals surface area contributed by atoms with E-state index >= 15 is 0 Å². The minimum absolute atomic E-state index is 0.0382. The van der Waals surface area contributed by atoms with Crippen LogP contribution in [0.15, 0.2) is 66.8 Å². The van der Waals surface area contributed by atoms with Gasteiger partial charge in [-0.1, -0.05) is 36.9 Å². The Kier molecular flexibility index (Phi) is 5.93. The number of nitrogens with zero attached hydrogens (tertiary/aromatic N) is 1. The first-order valence-corrected chi connectivity index (χ1v) is 7.46. The maximum Gasteiger partial charge on any atom is 0.266 e. The lowest BCUT2D eigenvalue weighted by Crippen LogP contribution is -2.13. The maximum absolute atomic E-state index is 12.2. The molecule has 120 valence electrons. The van der Waals surface area contributed by atoms with E-state index in [9.17, 15) is 10.1 Å². The Balaban J connectivity index is 2.12. The second-order valence-corrected chi connectivity index (χ2v) is 5.16. The van der Waals surface area contributed by atoms with Crippen LogP contribution in [0.1, 0.15) is 11.1 Å². The van der Waals surface area contributed by atoms with E-state index in [-0.39, 0.29) is 5.57 Å². The normalized spacial score (nSPS) is 10.6. The molecule has 1 N–H and O–H groups in total. The monoisotopic (exact) mass is 318 g/mol. The summed E-state index contributed by atoms with van der Waals surface area (Å²) in [7, 11) is 0. The zero-order valence-electron chi connectivity index (χ0n) is 13.5. The number of rotatable bonds is 6. The van der Waals surface area contributed by atoms with E-state index in [1.54, 1.807) is 42.5 Å².